The normalized spacial score (nSPS) is 12.2. The molecule has 0 saturated carbocycles. The van der Waals surface area contributed by atoms with Crippen LogP contribution in [0.2, 0.25) is 0 Å². The highest BCUT2D eigenvalue weighted by atomic mass is 32.1. The van der Waals surface area contributed by atoms with E-state index in [2.05, 4.69) is 32.0 Å². The molecule has 2 aromatic heterocycles. The fourth-order valence-corrected chi connectivity index (χ4v) is 4.86. The first-order valence-corrected chi connectivity index (χ1v) is 13.4. The number of rotatable bonds is 15. The van der Waals surface area contributed by atoms with E-state index in [1.54, 1.807) is 29.7 Å². The van der Waals surface area contributed by atoms with Crippen molar-refractivity contribution in [2.24, 2.45) is 0 Å². The molecule has 0 spiro atoms. The van der Waals surface area contributed by atoms with Crippen molar-refractivity contribution in [3.05, 3.63) is 47.2 Å². The highest BCUT2D eigenvalue weighted by Gasteiger charge is 2.15. The maximum atomic E-state index is 12.5. The molecule has 3 rings (SSSR count). The molecule has 0 aliphatic carbocycles. The van der Waals surface area contributed by atoms with Crippen molar-refractivity contribution in [3.63, 3.8) is 0 Å². The van der Waals surface area contributed by atoms with Crippen molar-refractivity contribution in [2.75, 3.05) is 0 Å². The highest BCUT2D eigenvalue weighted by molar-refractivity contribution is 7.17. The number of carbonyl (C=O) groups is 1. The molecule has 0 N–H and O–H groups in total. The number of nitrogens with zero attached hydrogens (tertiary/aromatic N) is 2. The van der Waals surface area contributed by atoms with Gasteiger partial charge in [-0.3, -0.25) is 4.40 Å². The van der Waals surface area contributed by atoms with Crippen molar-refractivity contribution in [1.82, 2.24) is 9.38 Å². The maximum absolute atomic E-state index is 12.5. The molecule has 0 amide bonds. The zero-order valence-electron chi connectivity index (χ0n) is 20.3. The molecule has 0 unspecified atom stereocenters. The van der Waals surface area contributed by atoms with Crippen molar-refractivity contribution >= 4 is 22.3 Å². The summed E-state index contributed by atoms with van der Waals surface area (Å²) in [5, 5.41) is 0. The standard InChI is InChI=1S/C27H38N2O3S/c1-4-6-8-10-12-14-24-19-29-20-25(28-27(29)33-24)26(30)32-23-17-15-22(16-18-23)31-21(3)13-11-9-7-5-2/h15-21H,4-14H2,1-3H3/t21-/m0/s1. The van der Waals surface area contributed by atoms with Gasteiger partial charge in [0.1, 0.15) is 11.5 Å². The Kier molecular flexibility index (Phi) is 10.3. The summed E-state index contributed by atoms with van der Waals surface area (Å²) in [4.78, 5) is 19.2. The summed E-state index contributed by atoms with van der Waals surface area (Å²) >= 11 is 1.65. The van der Waals surface area contributed by atoms with Gasteiger partial charge in [0.05, 0.1) is 6.10 Å². The molecule has 0 fully saturated rings. The van der Waals surface area contributed by atoms with Crippen molar-refractivity contribution in [1.29, 1.82) is 0 Å². The van der Waals surface area contributed by atoms with Crippen LogP contribution < -0.4 is 9.47 Å². The van der Waals surface area contributed by atoms with Gasteiger partial charge in [-0.2, -0.15) is 0 Å². The average molecular weight is 471 g/mol. The molecule has 0 bridgehead atoms. The predicted molar refractivity (Wildman–Crippen MR) is 136 cm³/mol. The number of unbranched alkanes of at least 4 members (excludes halogenated alkanes) is 7. The third kappa shape index (κ3) is 8.18. The van der Waals surface area contributed by atoms with E-state index >= 15 is 0 Å². The van der Waals surface area contributed by atoms with Gasteiger partial charge in [-0.05, 0) is 56.9 Å². The number of fused-ring (bicyclic) bond motifs is 1. The quantitative estimate of drug-likeness (QED) is 0.129. The van der Waals surface area contributed by atoms with Gasteiger partial charge in [-0.25, -0.2) is 9.78 Å². The van der Waals surface area contributed by atoms with Gasteiger partial charge in [0.15, 0.2) is 10.7 Å². The minimum atomic E-state index is -0.440. The molecule has 1 aromatic carbocycles. The van der Waals surface area contributed by atoms with Crippen LogP contribution in [0, 0.1) is 0 Å². The second kappa shape index (κ2) is 13.4. The molecule has 180 valence electrons. The molecule has 0 saturated heterocycles. The molecule has 0 radical (unpaired) electrons. The second-order valence-electron chi connectivity index (χ2n) is 8.82. The number of ether oxygens (including phenoxy) is 2. The van der Waals surface area contributed by atoms with Crippen LogP contribution in [-0.2, 0) is 6.42 Å². The lowest BCUT2D eigenvalue weighted by atomic mass is 10.1. The van der Waals surface area contributed by atoms with Crippen LogP contribution in [0.4, 0.5) is 0 Å². The minimum absolute atomic E-state index is 0.176. The monoisotopic (exact) mass is 470 g/mol. The summed E-state index contributed by atoms with van der Waals surface area (Å²) in [6.07, 6.45) is 17.5. The van der Waals surface area contributed by atoms with Crippen LogP contribution in [0.5, 0.6) is 11.5 Å². The van der Waals surface area contributed by atoms with Crippen LogP contribution in [0.25, 0.3) is 4.96 Å². The van der Waals surface area contributed by atoms with E-state index in [4.69, 9.17) is 9.47 Å². The number of imidazole rings is 1. The summed E-state index contributed by atoms with van der Waals surface area (Å²) in [5.74, 6) is 0.847. The van der Waals surface area contributed by atoms with Crippen LogP contribution >= 0.6 is 11.3 Å². The molecule has 33 heavy (non-hydrogen) atoms. The molecule has 5 nitrogen and oxygen atoms in total. The van der Waals surface area contributed by atoms with Gasteiger partial charge in [0.25, 0.3) is 0 Å². The van der Waals surface area contributed by atoms with E-state index in [9.17, 15) is 4.79 Å². The lowest BCUT2D eigenvalue weighted by Crippen LogP contribution is -2.12. The number of aromatic nitrogens is 2. The Morgan fingerprint density at radius 1 is 0.939 bits per heavy atom. The first kappa shape index (κ1) is 25.3. The van der Waals surface area contributed by atoms with E-state index in [0.717, 1.165) is 23.6 Å². The van der Waals surface area contributed by atoms with Crippen LogP contribution in [-0.4, -0.2) is 21.5 Å². The van der Waals surface area contributed by atoms with Gasteiger partial charge < -0.3 is 9.47 Å². The first-order chi connectivity index (χ1) is 16.1. The Morgan fingerprint density at radius 2 is 1.61 bits per heavy atom. The molecule has 3 aromatic rings. The Morgan fingerprint density at radius 3 is 2.30 bits per heavy atom. The zero-order chi connectivity index (χ0) is 23.5. The van der Waals surface area contributed by atoms with E-state index in [-0.39, 0.29) is 6.10 Å². The molecular formula is C27H38N2O3S. The fraction of sp³-hybridized carbons (Fsp3) is 0.556. The Balaban J connectivity index is 1.46. The van der Waals surface area contributed by atoms with Gasteiger partial charge in [0.2, 0.25) is 0 Å². The average Bonchev–Trinajstić information content (AvgIpc) is 3.37. The SMILES string of the molecule is CCCCCCCc1cn2cc(C(=O)Oc3ccc(O[C@@H](C)CCCCCC)cc3)nc2s1. The van der Waals surface area contributed by atoms with E-state index in [0.29, 0.717) is 11.4 Å². The van der Waals surface area contributed by atoms with Gasteiger partial charge >= 0.3 is 5.97 Å². The third-order valence-corrected chi connectivity index (χ3v) is 6.83. The number of thiazole rings is 1. The van der Waals surface area contributed by atoms with E-state index < -0.39 is 5.97 Å². The fourth-order valence-electron chi connectivity index (χ4n) is 3.86. The van der Waals surface area contributed by atoms with Crippen LogP contribution in [0.3, 0.4) is 0 Å². The molecule has 0 aliphatic heterocycles. The van der Waals surface area contributed by atoms with Crippen molar-refractivity contribution < 1.29 is 14.3 Å². The largest absolute Gasteiger partial charge is 0.491 e. The summed E-state index contributed by atoms with van der Waals surface area (Å²) in [6.45, 7) is 6.55. The number of hydrogen-bond acceptors (Lipinski definition) is 5. The summed E-state index contributed by atoms with van der Waals surface area (Å²) < 4.78 is 13.4. The molecular weight excluding hydrogens is 432 g/mol. The van der Waals surface area contributed by atoms with E-state index in [1.165, 1.54) is 62.7 Å². The molecule has 0 aliphatic rings. The van der Waals surface area contributed by atoms with Crippen molar-refractivity contribution in [3.8, 4) is 11.5 Å². The van der Waals surface area contributed by atoms with Gasteiger partial charge in [0, 0.05) is 17.3 Å². The topological polar surface area (TPSA) is 52.8 Å². The second-order valence-corrected chi connectivity index (χ2v) is 9.91. The molecule has 1 atom stereocenters. The Labute approximate surface area is 202 Å². The summed E-state index contributed by atoms with van der Waals surface area (Å²) in [7, 11) is 0. The zero-order valence-corrected chi connectivity index (χ0v) is 21.2. The number of benzene rings is 1. The Hall–Kier alpha value is -2.34. The molecule has 6 heteroatoms. The smallest absolute Gasteiger partial charge is 0.363 e. The number of esters is 1. The highest BCUT2D eigenvalue weighted by Crippen LogP contribution is 2.23. The minimum Gasteiger partial charge on any atom is -0.491 e. The predicted octanol–water partition coefficient (Wildman–Crippen LogP) is 7.87. The van der Waals surface area contributed by atoms with Gasteiger partial charge in [-0.1, -0.05) is 58.8 Å². The third-order valence-electron chi connectivity index (χ3n) is 5.78. The van der Waals surface area contributed by atoms with Gasteiger partial charge in [-0.15, -0.1) is 11.3 Å². The Bertz CT molecular complexity index is 946. The maximum Gasteiger partial charge on any atom is 0.363 e. The van der Waals surface area contributed by atoms with Crippen LogP contribution in [0.15, 0.2) is 36.7 Å². The number of carbonyl (C=O) groups excluding carboxylic acids is 1. The van der Waals surface area contributed by atoms with E-state index in [1.807, 2.05) is 16.5 Å². The van der Waals surface area contributed by atoms with Crippen LogP contribution in [0.1, 0.15) is 100 Å². The molecule has 2 heterocycles. The first-order valence-electron chi connectivity index (χ1n) is 12.5. The van der Waals surface area contributed by atoms with Crippen molar-refractivity contribution in [2.45, 2.75) is 97.5 Å². The summed E-state index contributed by atoms with van der Waals surface area (Å²) in [5.41, 5.74) is 0.330. The lowest BCUT2D eigenvalue weighted by molar-refractivity contribution is 0.0729. The lowest BCUT2D eigenvalue weighted by Gasteiger charge is -2.14. The summed E-state index contributed by atoms with van der Waals surface area (Å²) in [6, 6.07) is 7.24. The number of aryl methyl sites for hydroxylation is 1. The number of hydrogen-bond donors (Lipinski definition) is 0.